The fraction of sp³-hybridized carbons (Fsp3) is 0.909. The van der Waals surface area contributed by atoms with Crippen molar-refractivity contribution in [3.05, 3.63) is 0 Å². The van der Waals surface area contributed by atoms with E-state index in [-0.39, 0.29) is 18.2 Å². The molecule has 7 N–H and O–H groups in total. The van der Waals surface area contributed by atoms with Crippen molar-refractivity contribution < 1.29 is 54.2 Å². The number of hydrogen-bond acceptors (Lipinski definition) is 9. The number of carbonyl (C=O) groups is 4. The van der Waals surface area contributed by atoms with Crippen LogP contribution in [0, 0.1) is 5.92 Å². The molecule has 13 nitrogen and oxygen atoms in total. The standard InChI is InChI=1S/C44H82N2O11/c1-4-6-8-10-12-14-16-18-20-22-24-26-28-34(29-27-25-23-21-19-17-15-13-11-9-7-5-2)41(52)46-36(42(53)45-35(43(54)55)30-31-37(47)48)32-56-44-40(51)39(50)38(49)33(3)57-44/h33-36,38-40,44,49-51H,4-32H2,1-3H3,(H,45,53)(H,46,52)(H,47,48)(H,54,55)/t33-,35+,36+,38+,39+,40-,44-/m0/s1. The highest BCUT2D eigenvalue weighted by molar-refractivity contribution is 5.91. The number of rotatable bonds is 37. The molecule has 334 valence electrons. The van der Waals surface area contributed by atoms with Crippen LogP contribution in [0.25, 0.3) is 0 Å². The van der Waals surface area contributed by atoms with Gasteiger partial charge in [-0.1, -0.05) is 168 Å². The summed E-state index contributed by atoms with van der Waals surface area (Å²) >= 11 is 0. The van der Waals surface area contributed by atoms with E-state index in [2.05, 4.69) is 24.5 Å². The second-order valence-corrected chi connectivity index (χ2v) is 16.5. The molecule has 1 rings (SSSR count). The molecule has 7 atom stereocenters. The second kappa shape index (κ2) is 33.5. The van der Waals surface area contributed by atoms with Crippen LogP contribution >= 0.6 is 0 Å². The van der Waals surface area contributed by atoms with Crippen molar-refractivity contribution in [2.45, 2.75) is 243 Å². The summed E-state index contributed by atoms with van der Waals surface area (Å²) in [4.78, 5) is 50.5. The molecular weight excluding hydrogens is 732 g/mol. The van der Waals surface area contributed by atoms with E-state index in [1.54, 1.807) is 0 Å². The van der Waals surface area contributed by atoms with Crippen molar-refractivity contribution in [1.82, 2.24) is 10.6 Å². The van der Waals surface area contributed by atoms with Crippen LogP contribution in [-0.2, 0) is 28.7 Å². The summed E-state index contributed by atoms with van der Waals surface area (Å²) in [6.07, 6.45) is 22.2. The van der Waals surface area contributed by atoms with Crippen LogP contribution in [-0.4, -0.2) is 98.7 Å². The van der Waals surface area contributed by atoms with Crippen molar-refractivity contribution >= 4 is 23.8 Å². The first-order chi connectivity index (χ1) is 27.4. The van der Waals surface area contributed by atoms with Gasteiger partial charge in [-0.2, -0.15) is 0 Å². The van der Waals surface area contributed by atoms with Gasteiger partial charge in [-0.15, -0.1) is 0 Å². The van der Waals surface area contributed by atoms with Gasteiger partial charge in [0, 0.05) is 12.3 Å². The average molecular weight is 815 g/mol. The molecule has 0 aromatic carbocycles. The third-order valence-corrected chi connectivity index (χ3v) is 11.3. The summed E-state index contributed by atoms with van der Waals surface area (Å²) in [6.45, 7) is 5.41. The van der Waals surface area contributed by atoms with Crippen molar-refractivity contribution in [3.8, 4) is 0 Å². The van der Waals surface area contributed by atoms with Crippen LogP contribution < -0.4 is 10.6 Å². The number of aliphatic hydroxyl groups is 3. The monoisotopic (exact) mass is 815 g/mol. The minimum Gasteiger partial charge on any atom is -0.481 e. The summed E-state index contributed by atoms with van der Waals surface area (Å²) in [5.41, 5.74) is 0. The number of nitrogens with one attached hydrogen (secondary N) is 2. The highest BCUT2D eigenvalue weighted by atomic mass is 16.7. The van der Waals surface area contributed by atoms with Gasteiger partial charge in [-0.25, -0.2) is 4.79 Å². The molecule has 0 aromatic rings. The summed E-state index contributed by atoms with van der Waals surface area (Å²) in [6, 6.07) is -2.94. The molecule has 1 fully saturated rings. The largest absolute Gasteiger partial charge is 0.481 e. The number of carboxylic acid groups (broad SMARTS) is 2. The molecule has 0 aliphatic carbocycles. The van der Waals surface area contributed by atoms with Gasteiger partial charge in [0.25, 0.3) is 0 Å². The number of carbonyl (C=O) groups excluding carboxylic acids is 2. The summed E-state index contributed by atoms with van der Waals surface area (Å²) in [5.74, 6) is -4.29. The number of aliphatic hydroxyl groups excluding tert-OH is 3. The Balaban J connectivity index is 2.89. The predicted octanol–water partition coefficient (Wildman–Crippen LogP) is 7.55. The van der Waals surface area contributed by atoms with Gasteiger partial charge in [0.1, 0.15) is 30.4 Å². The highest BCUT2D eigenvalue weighted by Crippen LogP contribution is 2.23. The quantitative estimate of drug-likeness (QED) is 0.0304. The van der Waals surface area contributed by atoms with Gasteiger partial charge < -0.3 is 45.6 Å². The molecule has 0 saturated carbocycles. The third kappa shape index (κ3) is 25.0. The maximum Gasteiger partial charge on any atom is 0.326 e. The first kappa shape index (κ1) is 52.7. The van der Waals surface area contributed by atoms with Gasteiger partial charge in [-0.05, 0) is 26.2 Å². The van der Waals surface area contributed by atoms with E-state index in [0.29, 0.717) is 12.8 Å². The predicted molar refractivity (Wildman–Crippen MR) is 222 cm³/mol. The van der Waals surface area contributed by atoms with E-state index >= 15 is 0 Å². The fourth-order valence-corrected chi connectivity index (χ4v) is 7.48. The lowest BCUT2D eigenvalue weighted by atomic mass is 9.92. The molecule has 0 aromatic heterocycles. The van der Waals surface area contributed by atoms with Crippen LogP contribution in [0.3, 0.4) is 0 Å². The summed E-state index contributed by atoms with van der Waals surface area (Å²) < 4.78 is 11.2. The van der Waals surface area contributed by atoms with Gasteiger partial charge in [0.15, 0.2) is 6.29 Å². The average Bonchev–Trinajstić information content (AvgIpc) is 3.18. The Morgan fingerprint density at radius 3 is 1.35 bits per heavy atom. The number of aliphatic carboxylic acids is 2. The van der Waals surface area contributed by atoms with Crippen molar-refractivity contribution in [2.75, 3.05) is 6.61 Å². The molecule has 1 heterocycles. The third-order valence-electron chi connectivity index (χ3n) is 11.3. The lowest BCUT2D eigenvalue weighted by molar-refractivity contribution is -0.293. The van der Waals surface area contributed by atoms with Crippen LogP contribution in [0.1, 0.15) is 201 Å². The summed E-state index contributed by atoms with van der Waals surface area (Å²) in [5, 5.41) is 54.7. The molecule has 0 radical (unpaired) electrons. The molecule has 1 saturated heterocycles. The van der Waals surface area contributed by atoms with Crippen molar-refractivity contribution in [1.29, 1.82) is 0 Å². The van der Waals surface area contributed by atoms with E-state index in [1.807, 2.05) is 0 Å². The normalized spacial score (nSPS) is 20.6. The molecule has 1 aliphatic heterocycles. The van der Waals surface area contributed by atoms with Crippen molar-refractivity contribution in [2.24, 2.45) is 5.92 Å². The first-order valence-electron chi connectivity index (χ1n) is 22.8. The lowest BCUT2D eigenvalue weighted by Gasteiger charge is -2.39. The van der Waals surface area contributed by atoms with E-state index in [0.717, 1.165) is 51.4 Å². The minimum absolute atomic E-state index is 0.365. The van der Waals surface area contributed by atoms with Crippen LogP contribution in [0.4, 0.5) is 0 Å². The number of ether oxygens (including phenoxy) is 2. The van der Waals surface area contributed by atoms with Crippen LogP contribution in [0.2, 0.25) is 0 Å². The number of unbranched alkanes of at least 4 members (excludes halogenated alkanes) is 22. The smallest absolute Gasteiger partial charge is 0.326 e. The Bertz CT molecular complexity index is 1040. The van der Waals surface area contributed by atoms with Crippen LogP contribution in [0.5, 0.6) is 0 Å². The topological polar surface area (TPSA) is 212 Å². The molecule has 2 amide bonds. The molecule has 0 unspecified atom stereocenters. The molecule has 57 heavy (non-hydrogen) atoms. The van der Waals surface area contributed by atoms with E-state index in [1.165, 1.54) is 110 Å². The Labute approximate surface area is 343 Å². The number of hydrogen-bond donors (Lipinski definition) is 7. The van der Waals surface area contributed by atoms with E-state index < -0.39 is 73.7 Å². The maximum absolute atomic E-state index is 13.9. The van der Waals surface area contributed by atoms with E-state index in [4.69, 9.17) is 14.6 Å². The molecular formula is C44H82N2O11. The molecule has 1 aliphatic rings. The van der Waals surface area contributed by atoms with Crippen LogP contribution in [0.15, 0.2) is 0 Å². The fourth-order valence-electron chi connectivity index (χ4n) is 7.48. The van der Waals surface area contributed by atoms with Crippen molar-refractivity contribution in [3.63, 3.8) is 0 Å². The second-order valence-electron chi connectivity index (χ2n) is 16.5. The molecule has 0 bridgehead atoms. The van der Waals surface area contributed by atoms with E-state index in [9.17, 15) is 39.6 Å². The van der Waals surface area contributed by atoms with Gasteiger partial charge >= 0.3 is 11.9 Å². The maximum atomic E-state index is 13.9. The molecule has 13 heteroatoms. The Hall–Kier alpha value is -2.32. The zero-order chi connectivity index (χ0) is 42.3. The Kier molecular flexibility index (Phi) is 31.0. The lowest BCUT2D eigenvalue weighted by Crippen LogP contribution is -2.59. The molecule has 0 spiro atoms. The van der Waals surface area contributed by atoms with Gasteiger partial charge in [0.05, 0.1) is 12.7 Å². The summed E-state index contributed by atoms with van der Waals surface area (Å²) in [7, 11) is 0. The van der Waals surface area contributed by atoms with Gasteiger partial charge in [0.2, 0.25) is 11.8 Å². The zero-order valence-electron chi connectivity index (χ0n) is 35.8. The highest BCUT2D eigenvalue weighted by Gasteiger charge is 2.43. The number of amides is 2. The Morgan fingerprint density at radius 1 is 0.544 bits per heavy atom. The minimum atomic E-state index is -1.65. The zero-order valence-corrected chi connectivity index (χ0v) is 35.8. The van der Waals surface area contributed by atoms with Gasteiger partial charge in [-0.3, -0.25) is 14.4 Å². The Morgan fingerprint density at radius 2 is 0.947 bits per heavy atom. The first-order valence-corrected chi connectivity index (χ1v) is 22.8. The number of carboxylic acids is 2. The SMILES string of the molecule is CCCCCCCCCCCCCCC(CCCCCCCCCCCCCC)C(=O)N[C@H](CO[C@H]1O[C@@H](C)[C@@H](O)[C@@H](O)[C@@H]1O)C(=O)N[C@H](CCC(=O)O)C(=O)O.